The van der Waals surface area contributed by atoms with E-state index in [4.69, 9.17) is 34.8 Å². The normalized spacial score (nSPS) is 14.9. The fraction of sp³-hybridized carbons (Fsp3) is 0.238. The van der Waals surface area contributed by atoms with Crippen molar-refractivity contribution in [2.75, 3.05) is 38.0 Å². The van der Waals surface area contributed by atoms with Crippen molar-refractivity contribution in [3.8, 4) is 0 Å². The van der Waals surface area contributed by atoms with Crippen LogP contribution < -0.4 is 5.32 Å². The molecular formula is C21H20Cl3N3O2. The molecule has 0 aliphatic carbocycles. The Morgan fingerprint density at radius 1 is 0.897 bits per heavy atom. The minimum Gasteiger partial charge on any atom is -0.337 e. The van der Waals surface area contributed by atoms with Crippen molar-refractivity contribution in [3.63, 3.8) is 0 Å². The summed E-state index contributed by atoms with van der Waals surface area (Å²) in [6.07, 6.45) is 3.11. The van der Waals surface area contributed by atoms with Gasteiger partial charge in [-0.3, -0.25) is 14.5 Å². The van der Waals surface area contributed by atoms with E-state index in [2.05, 4.69) is 5.32 Å². The summed E-state index contributed by atoms with van der Waals surface area (Å²) in [7, 11) is 0. The zero-order chi connectivity index (χ0) is 20.8. The Kier molecular flexibility index (Phi) is 7.56. The van der Waals surface area contributed by atoms with Crippen molar-refractivity contribution < 1.29 is 9.59 Å². The van der Waals surface area contributed by atoms with Gasteiger partial charge in [-0.15, -0.1) is 0 Å². The molecule has 0 spiro atoms. The lowest BCUT2D eigenvalue weighted by molar-refractivity contribution is -0.127. The molecule has 3 rings (SSSR count). The van der Waals surface area contributed by atoms with Gasteiger partial charge in [0, 0.05) is 47.9 Å². The van der Waals surface area contributed by atoms with Gasteiger partial charge in [0.1, 0.15) is 0 Å². The molecule has 152 valence electrons. The van der Waals surface area contributed by atoms with Gasteiger partial charge < -0.3 is 10.2 Å². The monoisotopic (exact) mass is 451 g/mol. The van der Waals surface area contributed by atoms with Gasteiger partial charge in [0.25, 0.3) is 0 Å². The molecule has 2 aromatic carbocycles. The topological polar surface area (TPSA) is 52.7 Å². The fourth-order valence-corrected chi connectivity index (χ4v) is 3.72. The zero-order valence-corrected chi connectivity index (χ0v) is 17.8. The number of nitrogens with zero attached hydrogens (tertiary/aromatic N) is 2. The molecule has 0 saturated carbocycles. The Morgan fingerprint density at radius 3 is 2.17 bits per heavy atom. The number of hydrogen-bond donors (Lipinski definition) is 1. The van der Waals surface area contributed by atoms with Gasteiger partial charge in [0.05, 0.1) is 17.3 Å². The van der Waals surface area contributed by atoms with E-state index in [0.717, 1.165) is 0 Å². The largest absolute Gasteiger partial charge is 0.337 e. The standard InChI is InChI=1S/C21H20Cl3N3O2/c22-16-5-3-6-17(23)15(16)8-9-21(29)27-12-10-26(11-13-27)14-20(28)25-19-7-2-1-4-18(19)24/h1-9H,10-14H2,(H,25,28)/b9-8+. The van der Waals surface area contributed by atoms with E-state index < -0.39 is 0 Å². The number of rotatable bonds is 5. The number of carbonyl (C=O) groups is 2. The van der Waals surface area contributed by atoms with Crippen molar-refractivity contribution in [1.29, 1.82) is 0 Å². The molecule has 1 aliphatic heterocycles. The Hall–Kier alpha value is -2.05. The summed E-state index contributed by atoms with van der Waals surface area (Å²) in [6, 6.07) is 12.3. The minimum absolute atomic E-state index is 0.110. The quantitative estimate of drug-likeness (QED) is 0.682. The summed E-state index contributed by atoms with van der Waals surface area (Å²) in [6.45, 7) is 2.56. The Balaban J connectivity index is 1.48. The highest BCUT2D eigenvalue weighted by molar-refractivity contribution is 6.37. The maximum atomic E-state index is 12.4. The van der Waals surface area contributed by atoms with E-state index in [9.17, 15) is 9.59 Å². The maximum absolute atomic E-state index is 12.4. The van der Waals surface area contributed by atoms with Crippen molar-refractivity contribution in [3.05, 3.63) is 69.2 Å². The maximum Gasteiger partial charge on any atom is 0.246 e. The van der Waals surface area contributed by atoms with Crippen molar-refractivity contribution in [1.82, 2.24) is 9.80 Å². The first-order chi connectivity index (χ1) is 13.9. The summed E-state index contributed by atoms with van der Waals surface area (Å²) in [4.78, 5) is 28.4. The molecule has 29 heavy (non-hydrogen) atoms. The first-order valence-electron chi connectivity index (χ1n) is 9.12. The molecule has 0 bridgehead atoms. The number of anilines is 1. The van der Waals surface area contributed by atoms with E-state index >= 15 is 0 Å². The number of para-hydroxylation sites is 1. The van der Waals surface area contributed by atoms with Crippen LogP contribution in [0.5, 0.6) is 0 Å². The molecule has 0 radical (unpaired) electrons. The van der Waals surface area contributed by atoms with Crippen molar-refractivity contribution in [2.24, 2.45) is 0 Å². The van der Waals surface area contributed by atoms with E-state index in [0.29, 0.717) is 52.5 Å². The molecule has 2 aromatic rings. The number of piperazine rings is 1. The zero-order valence-electron chi connectivity index (χ0n) is 15.6. The Bertz CT molecular complexity index is 905. The highest BCUT2D eigenvalue weighted by Gasteiger charge is 2.21. The van der Waals surface area contributed by atoms with Gasteiger partial charge in [-0.1, -0.05) is 53.0 Å². The number of amides is 2. The lowest BCUT2D eigenvalue weighted by Gasteiger charge is -2.33. The summed E-state index contributed by atoms with van der Waals surface area (Å²) >= 11 is 18.3. The van der Waals surface area contributed by atoms with E-state index in [1.54, 1.807) is 41.3 Å². The molecular weight excluding hydrogens is 433 g/mol. The van der Waals surface area contributed by atoms with Crippen LogP contribution in [-0.2, 0) is 9.59 Å². The van der Waals surface area contributed by atoms with Crippen LogP contribution in [0.15, 0.2) is 48.5 Å². The second kappa shape index (κ2) is 10.1. The first-order valence-corrected chi connectivity index (χ1v) is 10.2. The average molecular weight is 453 g/mol. The third kappa shape index (κ3) is 5.97. The molecule has 5 nitrogen and oxygen atoms in total. The lowest BCUT2D eigenvalue weighted by Crippen LogP contribution is -2.50. The number of carbonyl (C=O) groups excluding carboxylic acids is 2. The number of halogens is 3. The molecule has 8 heteroatoms. The summed E-state index contributed by atoms with van der Waals surface area (Å²) in [5.74, 6) is -0.243. The van der Waals surface area contributed by atoms with Gasteiger partial charge in [0.2, 0.25) is 11.8 Å². The van der Waals surface area contributed by atoms with E-state index in [1.165, 1.54) is 6.08 Å². The SMILES string of the molecule is O=C(CN1CCN(C(=O)/C=C/c2c(Cl)cccc2Cl)CC1)Nc1ccccc1Cl. The van der Waals surface area contributed by atoms with Gasteiger partial charge in [-0.05, 0) is 30.3 Å². The molecule has 2 amide bonds. The van der Waals surface area contributed by atoms with Gasteiger partial charge in [0.15, 0.2) is 0 Å². The van der Waals surface area contributed by atoms with Crippen LogP contribution in [0.3, 0.4) is 0 Å². The van der Waals surface area contributed by atoms with Crippen LogP contribution in [0.4, 0.5) is 5.69 Å². The van der Waals surface area contributed by atoms with Crippen LogP contribution in [0.2, 0.25) is 15.1 Å². The molecule has 0 aromatic heterocycles. The molecule has 0 unspecified atom stereocenters. The van der Waals surface area contributed by atoms with Gasteiger partial charge in [-0.2, -0.15) is 0 Å². The third-order valence-corrected chi connectivity index (χ3v) is 5.58. The smallest absolute Gasteiger partial charge is 0.246 e. The van der Waals surface area contributed by atoms with Gasteiger partial charge in [-0.25, -0.2) is 0 Å². The van der Waals surface area contributed by atoms with Gasteiger partial charge >= 0.3 is 0 Å². The second-order valence-corrected chi connectivity index (χ2v) is 7.82. The predicted octanol–water partition coefficient (Wildman–Crippen LogP) is 4.44. The van der Waals surface area contributed by atoms with Crippen LogP contribution >= 0.6 is 34.8 Å². The molecule has 0 atom stereocenters. The molecule has 1 heterocycles. The predicted molar refractivity (Wildman–Crippen MR) is 119 cm³/mol. The minimum atomic E-state index is -0.133. The first kappa shape index (κ1) is 21.7. The molecule has 1 saturated heterocycles. The average Bonchev–Trinajstić information content (AvgIpc) is 2.70. The van der Waals surface area contributed by atoms with Crippen molar-refractivity contribution in [2.45, 2.75) is 0 Å². The summed E-state index contributed by atoms with van der Waals surface area (Å²) in [5, 5.41) is 4.31. The third-order valence-electron chi connectivity index (χ3n) is 4.59. The van der Waals surface area contributed by atoms with E-state index in [-0.39, 0.29) is 18.4 Å². The summed E-state index contributed by atoms with van der Waals surface area (Å²) < 4.78 is 0. The Labute approximate surface area is 184 Å². The second-order valence-electron chi connectivity index (χ2n) is 6.60. The van der Waals surface area contributed by atoms with E-state index in [1.807, 2.05) is 17.0 Å². The van der Waals surface area contributed by atoms with Crippen molar-refractivity contribution >= 4 is 58.4 Å². The Morgan fingerprint density at radius 2 is 1.52 bits per heavy atom. The van der Waals surface area contributed by atoms with Crippen LogP contribution in [0.25, 0.3) is 6.08 Å². The molecule has 1 aliphatic rings. The number of nitrogens with one attached hydrogen (secondary N) is 1. The van der Waals surface area contributed by atoms with Crippen LogP contribution in [0, 0.1) is 0 Å². The van der Waals surface area contributed by atoms with Crippen LogP contribution in [-0.4, -0.2) is 54.3 Å². The number of benzene rings is 2. The van der Waals surface area contributed by atoms with Crippen LogP contribution in [0.1, 0.15) is 5.56 Å². The summed E-state index contributed by atoms with van der Waals surface area (Å²) in [5.41, 5.74) is 1.22. The lowest BCUT2D eigenvalue weighted by atomic mass is 10.2. The highest BCUT2D eigenvalue weighted by atomic mass is 35.5. The molecule has 1 N–H and O–H groups in total. The highest BCUT2D eigenvalue weighted by Crippen LogP contribution is 2.25. The number of hydrogen-bond acceptors (Lipinski definition) is 3. The molecule has 1 fully saturated rings. The fourth-order valence-electron chi connectivity index (χ4n) is 3.01.